The van der Waals surface area contributed by atoms with E-state index in [1.165, 1.54) is 0 Å². The molecule has 6 heteroatoms. The van der Waals surface area contributed by atoms with Crippen LogP contribution in [0.2, 0.25) is 0 Å². The van der Waals surface area contributed by atoms with Gasteiger partial charge in [-0.15, -0.1) is 0 Å². The van der Waals surface area contributed by atoms with E-state index in [4.69, 9.17) is 18.0 Å². The smallest absolute Gasteiger partial charge is 0.211 e. The lowest BCUT2D eigenvalue weighted by molar-refractivity contribution is 0.396. The first-order chi connectivity index (χ1) is 7.12. The van der Waals surface area contributed by atoms with Crippen molar-refractivity contribution in [2.75, 3.05) is 12.3 Å². The molecule has 0 aromatic carbocycles. The van der Waals surface area contributed by atoms with Gasteiger partial charge in [-0.3, -0.25) is 0 Å². The van der Waals surface area contributed by atoms with E-state index in [1.807, 2.05) is 20.8 Å². The van der Waals surface area contributed by atoms with Gasteiger partial charge in [0, 0.05) is 6.54 Å². The fourth-order valence-corrected chi connectivity index (χ4v) is 2.63. The molecule has 96 valence electrons. The van der Waals surface area contributed by atoms with E-state index in [2.05, 4.69) is 4.72 Å². The maximum absolute atomic E-state index is 11.5. The van der Waals surface area contributed by atoms with Gasteiger partial charge in [-0.05, 0) is 24.7 Å². The topological polar surface area (TPSA) is 72.2 Å². The minimum Gasteiger partial charge on any atom is -0.393 e. The quantitative estimate of drug-likeness (QED) is 0.540. The molecule has 0 aliphatic carbocycles. The predicted molar refractivity (Wildman–Crippen MR) is 71.9 cm³/mol. The van der Waals surface area contributed by atoms with E-state index in [1.54, 1.807) is 0 Å². The number of sulfonamides is 1. The summed E-state index contributed by atoms with van der Waals surface area (Å²) in [7, 11) is -3.15. The lowest BCUT2D eigenvalue weighted by Crippen LogP contribution is -2.29. The average Bonchev–Trinajstić information content (AvgIpc) is 2.08. The molecule has 0 atom stereocenters. The first-order valence-corrected chi connectivity index (χ1v) is 7.44. The number of nitrogens with one attached hydrogen (secondary N) is 1. The Balaban J connectivity index is 3.84. The van der Waals surface area contributed by atoms with Crippen molar-refractivity contribution in [1.29, 1.82) is 0 Å². The Labute approximate surface area is 104 Å². The highest BCUT2D eigenvalue weighted by Crippen LogP contribution is 2.18. The van der Waals surface area contributed by atoms with Crippen LogP contribution in [0, 0.1) is 5.41 Å². The summed E-state index contributed by atoms with van der Waals surface area (Å²) in [4.78, 5) is 0.425. The second-order valence-electron chi connectivity index (χ2n) is 5.09. The van der Waals surface area contributed by atoms with Crippen LogP contribution in [0.4, 0.5) is 0 Å². The molecule has 0 fully saturated rings. The molecule has 16 heavy (non-hydrogen) atoms. The maximum atomic E-state index is 11.5. The Bertz CT molecular complexity index is 318. The van der Waals surface area contributed by atoms with Crippen LogP contribution in [0.25, 0.3) is 0 Å². The van der Waals surface area contributed by atoms with Gasteiger partial charge in [-0.1, -0.05) is 33.0 Å². The molecule has 0 aliphatic heterocycles. The molecule has 3 N–H and O–H groups in total. The first kappa shape index (κ1) is 15.8. The van der Waals surface area contributed by atoms with Crippen LogP contribution in [0.3, 0.4) is 0 Å². The number of thiocarbonyl (C=S) groups is 1. The van der Waals surface area contributed by atoms with Crippen molar-refractivity contribution in [3.63, 3.8) is 0 Å². The van der Waals surface area contributed by atoms with Gasteiger partial charge < -0.3 is 5.73 Å². The number of nitrogens with two attached hydrogens (primary N) is 1. The average molecular weight is 266 g/mol. The SMILES string of the molecule is CC(C)(C)CCS(=O)(=O)NCCCC(N)=S. The third kappa shape index (κ3) is 10.3. The Morgan fingerprint density at radius 2 is 1.94 bits per heavy atom. The van der Waals surface area contributed by atoms with Gasteiger partial charge in [0.1, 0.15) is 0 Å². The van der Waals surface area contributed by atoms with Gasteiger partial charge in [0.25, 0.3) is 0 Å². The fraction of sp³-hybridized carbons (Fsp3) is 0.900. The zero-order valence-corrected chi connectivity index (χ0v) is 11.9. The predicted octanol–water partition coefficient (Wildman–Crippen LogP) is 1.41. The third-order valence-electron chi connectivity index (χ3n) is 2.04. The summed E-state index contributed by atoms with van der Waals surface area (Å²) in [5.74, 6) is 0.170. The summed E-state index contributed by atoms with van der Waals surface area (Å²) < 4.78 is 25.6. The van der Waals surface area contributed by atoms with Crippen LogP contribution >= 0.6 is 12.2 Å². The molecule has 0 aromatic rings. The minimum atomic E-state index is -3.15. The molecule has 0 saturated heterocycles. The summed E-state index contributed by atoms with van der Waals surface area (Å²) in [6, 6.07) is 0. The van der Waals surface area contributed by atoms with Crippen molar-refractivity contribution in [1.82, 2.24) is 4.72 Å². The van der Waals surface area contributed by atoms with Crippen molar-refractivity contribution in [3.05, 3.63) is 0 Å². The normalized spacial score (nSPS) is 12.7. The molecule has 0 rings (SSSR count). The fourth-order valence-electron chi connectivity index (χ4n) is 1.00. The van der Waals surface area contributed by atoms with E-state index < -0.39 is 10.0 Å². The van der Waals surface area contributed by atoms with Gasteiger partial charge in [-0.25, -0.2) is 13.1 Å². The zero-order chi connectivity index (χ0) is 12.8. The third-order valence-corrected chi connectivity index (χ3v) is 3.63. The van der Waals surface area contributed by atoms with Crippen LogP contribution in [-0.2, 0) is 10.0 Å². The van der Waals surface area contributed by atoms with E-state index in [-0.39, 0.29) is 11.2 Å². The molecule has 0 heterocycles. The Morgan fingerprint density at radius 1 is 1.38 bits per heavy atom. The Morgan fingerprint density at radius 3 is 2.38 bits per heavy atom. The van der Waals surface area contributed by atoms with Crippen molar-refractivity contribution < 1.29 is 8.42 Å². The molecule has 0 aromatic heterocycles. The summed E-state index contributed by atoms with van der Waals surface area (Å²) in [5.41, 5.74) is 5.35. The first-order valence-electron chi connectivity index (χ1n) is 5.38. The van der Waals surface area contributed by atoms with Gasteiger partial charge in [-0.2, -0.15) is 0 Å². The standard InChI is InChI=1S/C10H22N2O2S2/c1-10(2,3)6-8-16(13,14)12-7-4-5-9(11)15/h12H,4-8H2,1-3H3,(H2,11,15). The monoisotopic (exact) mass is 266 g/mol. The van der Waals surface area contributed by atoms with Gasteiger partial charge in [0.15, 0.2) is 0 Å². The van der Waals surface area contributed by atoms with E-state index >= 15 is 0 Å². The summed E-state index contributed by atoms with van der Waals surface area (Å²) >= 11 is 4.70. The molecular weight excluding hydrogens is 244 g/mol. The largest absolute Gasteiger partial charge is 0.393 e. The second-order valence-corrected chi connectivity index (χ2v) is 7.54. The molecule has 0 radical (unpaired) electrons. The number of hydrogen-bond acceptors (Lipinski definition) is 3. The molecule has 0 amide bonds. The van der Waals surface area contributed by atoms with Crippen LogP contribution < -0.4 is 10.5 Å². The summed E-state index contributed by atoms with van der Waals surface area (Å²) in [5, 5.41) is 0. The van der Waals surface area contributed by atoms with Crippen LogP contribution in [0.1, 0.15) is 40.0 Å². The van der Waals surface area contributed by atoms with Crippen molar-refractivity contribution in [2.24, 2.45) is 11.1 Å². The highest BCUT2D eigenvalue weighted by Gasteiger charge is 2.16. The summed E-state index contributed by atoms with van der Waals surface area (Å²) in [6.07, 6.45) is 1.89. The van der Waals surface area contributed by atoms with Gasteiger partial charge >= 0.3 is 0 Å². The van der Waals surface area contributed by atoms with E-state index in [0.717, 1.165) is 0 Å². The number of rotatable bonds is 7. The van der Waals surface area contributed by atoms with E-state index in [9.17, 15) is 8.42 Å². The Hall–Kier alpha value is -0.200. The second kappa shape index (κ2) is 6.51. The highest BCUT2D eigenvalue weighted by molar-refractivity contribution is 7.89. The van der Waals surface area contributed by atoms with Gasteiger partial charge in [0.2, 0.25) is 10.0 Å². The van der Waals surface area contributed by atoms with Gasteiger partial charge in [0.05, 0.1) is 10.7 Å². The molecular formula is C10H22N2O2S2. The molecule has 0 spiro atoms. The zero-order valence-electron chi connectivity index (χ0n) is 10.2. The van der Waals surface area contributed by atoms with Crippen LogP contribution in [0.5, 0.6) is 0 Å². The summed E-state index contributed by atoms with van der Waals surface area (Å²) in [6.45, 7) is 6.48. The molecule has 0 aliphatic rings. The van der Waals surface area contributed by atoms with Crippen molar-refractivity contribution in [3.8, 4) is 0 Å². The molecule has 0 bridgehead atoms. The maximum Gasteiger partial charge on any atom is 0.211 e. The molecule has 0 saturated carbocycles. The lowest BCUT2D eigenvalue weighted by Gasteiger charge is -2.17. The van der Waals surface area contributed by atoms with Crippen molar-refractivity contribution in [2.45, 2.75) is 40.0 Å². The molecule has 0 unspecified atom stereocenters. The van der Waals surface area contributed by atoms with Crippen molar-refractivity contribution >= 4 is 27.2 Å². The molecule has 4 nitrogen and oxygen atoms in total. The lowest BCUT2D eigenvalue weighted by atomic mass is 9.94. The van der Waals surface area contributed by atoms with Crippen LogP contribution in [-0.4, -0.2) is 25.7 Å². The highest BCUT2D eigenvalue weighted by atomic mass is 32.2. The minimum absolute atomic E-state index is 0.0353. The van der Waals surface area contributed by atoms with E-state index in [0.29, 0.717) is 30.8 Å². The van der Waals surface area contributed by atoms with Crippen LogP contribution in [0.15, 0.2) is 0 Å². The Kier molecular flexibility index (Phi) is 6.43. The number of hydrogen-bond donors (Lipinski definition) is 2.